The molecule has 0 aliphatic carbocycles. The maximum Gasteiger partial charge on any atom is 0.173 e. The Morgan fingerprint density at radius 3 is 1.88 bits per heavy atom. The Hall–Kier alpha value is -3.23. The van der Waals surface area contributed by atoms with Crippen LogP contribution in [0.25, 0.3) is 0 Å². The van der Waals surface area contributed by atoms with Gasteiger partial charge >= 0.3 is 0 Å². The van der Waals surface area contributed by atoms with Crippen molar-refractivity contribution in [2.45, 2.75) is 6.04 Å². The van der Waals surface area contributed by atoms with Crippen LogP contribution in [0, 0.1) is 11.6 Å². The molecule has 0 unspecified atom stereocenters. The van der Waals surface area contributed by atoms with E-state index in [-0.39, 0.29) is 17.7 Å². The van der Waals surface area contributed by atoms with Crippen molar-refractivity contribution in [3.8, 4) is 11.5 Å². The summed E-state index contributed by atoms with van der Waals surface area (Å²) < 4.78 is 37.9. The van der Waals surface area contributed by atoms with Crippen molar-refractivity contribution in [1.29, 1.82) is 0 Å². The van der Waals surface area contributed by atoms with E-state index < -0.39 is 0 Å². The Bertz CT molecular complexity index is 1070. The third kappa shape index (κ3) is 5.46. The molecule has 34 heavy (non-hydrogen) atoms. The predicted octanol–water partition coefficient (Wildman–Crippen LogP) is 5.09. The van der Waals surface area contributed by atoms with Gasteiger partial charge < -0.3 is 19.7 Å². The minimum absolute atomic E-state index is 0.108. The fraction of sp³-hybridized carbons (Fsp3) is 0.269. The fourth-order valence-electron chi connectivity index (χ4n) is 4.19. The minimum Gasteiger partial charge on any atom is -0.497 e. The summed E-state index contributed by atoms with van der Waals surface area (Å²) in [5.74, 6) is 0.818. The van der Waals surface area contributed by atoms with Crippen LogP contribution in [0.1, 0.15) is 17.2 Å². The van der Waals surface area contributed by atoms with Crippen LogP contribution in [-0.4, -0.2) is 55.3 Å². The highest BCUT2D eigenvalue weighted by Gasteiger charge is 2.27. The molecule has 0 amide bonds. The molecule has 1 saturated heterocycles. The van der Waals surface area contributed by atoms with Gasteiger partial charge in [0.25, 0.3) is 0 Å². The molecule has 3 aromatic carbocycles. The van der Waals surface area contributed by atoms with E-state index in [9.17, 15) is 8.78 Å². The van der Waals surface area contributed by atoms with Crippen molar-refractivity contribution < 1.29 is 18.3 Å². The largest absolute Gasteiger partial charge is 0.497 e. The number of piperazine rings is 1. The van der Waals surface area contributed by atoms with Crippen molar-refractivity contribution in [1.82, 2.24) is 9.80 Å². The van der Waals surface area contributed by atoms with Crippen molar-refractivity contribution in [2.75, 3.05) is 45.7 Å². The lowest BCUT2D eigenvalue weighted by molar-refractivity contribution is 0.151. The van der Waals surface area contributed by atoms with Gasteiger partial charge in [0.05, 0.1) is 25.9 Å². The molecular formula is C26H27F2N3O2S. The number of hydrogen-bond donors (Lipinski definition) is 1. The van der Waals surface area contributed by atoms with E-state index in [2.05, 4.69) is 15.1 Å². The number of methoxy groups -OCH3 is 2. The molecule has 1 fully saturated rings. The standard InChI is InChI=1S/C26H27F2N3O2S/c1-32-22-11-12-24(33-2)23(17-22)29-26(34)31-15-13-30(14-16-31)25(18-3-7-20(27)8-4-18)19-5-9-21(28)10-6-19/h3-12,17,25H,13-16H2,1-2H3,(H,29,34). The molecular weight excluding hydrogens is 456 g/mol. The highest BCUT2D eigenvalue weighted by Crippen LogP contribution is 2.31. The number of nitrogens with one attached hydrogen (secondary N) is 1. The molecule has 0 bridgehead atoms. The maximum atomic E-state index is 13.6. The SMILES string of the molecule is COc1ccc(OC)c(NC(=S)N2CCN(C(c3ccc(F)cc3)c3ccc(F)cc3)CC2)c1. The Morgan fingerprint density at radius 1 is 0.824 bits per heavy atom. The van der Waals surface area contributed by atoms with Gasteiger partial charge in [-0.05, 0) is 59.7 Å². The normalized spacial score (nSPS) is 14.2. The van der Waals surface area contributed by atoms with Gasteiger partial charge in [-0.3, -0.25) is 4.90 Å². The summed E-state index contributed by atoms with van der Waals surface area (Å²) in [6, 6.07) is 18.4. The van der Waals surface area contributed by atoms with Gasteiger partial charge in [0, 0.05) is 32.2 Å². The van der Waals surface area contributed by atoms with Crippen LogP contribution >= 0.6 is 12.2 Å². The van der Waals surface area contributed by atoms with Crippen LogP contribution in [0.15, 0.2) is 66.7 Å². The summed E-state index contributed by atoms with van der Waals surface area (Å²) in [7, 11) is 3.22. The molecule has 5 nitrogen and oxygen atoms in total. The first-order chi connectivity index (χ1) is 16.5. The Labute approximate surface area is 203 Å². The number of halogens is 2. The molecule has 0 radical (unpaired) electrons. The van der Waals surface area contributed by atoms with E-state index in [1.807, 2.05) is 18.2 Å². The number of anilines is 1. The molecule has 8 heteroatoms. The zero-order valence-corrected chi connectivity index (χ0v) is 19.9. The molecule has 0 saturated carbocycles. The topological polar surface area (TPSA) is 37.0 Å². The van der Waals surface area contributed by atoms with Crippen molar-refractivity contribution in [3.63, 3.8) is 0 Å². The first-order valence-corrected chi connectivity index (χ1v) is 11.4. The summed E-state index contributed by atoms with van der Waals surface area (Å²) in [6.07, 6.45) is 0. The molecule has 1 aliphatic rings. The molecule has 0 aromatic heterocycles. The molecule has 0 atom stereocenters. The number of ether oxygens (including phenoxy) is 2. The van der Waals surface area contributed by atoms with Crippen LogP contribution < -0.4 is 14.8 Å². The van der Waals surface area contributed by atoms with Gasteiger partial charge in [0.2, 0.25) is 0 Å². The van der Waals surface area contributed by atoms with Gasteiger partial charge in [-0.25, -0.2) is 8.78 Å². The highest BCUT2D eigenvalue weighted by molar-refractivity contribution is 7.80. The lowest BCUT2D eigenvalue weighted by Crippen LogP contribution is -2.51. The molecule has 0 spiro atoms. The lowest BCUT2D eigenvalue weighted by atomic mass is 9.96. The van der Waals surface area contributed by atoms with Crippen molar-refractivity contribution >= 4 is 23.0 Å². The smallest absolute Gasteiger partial charge is 0.173 e. The van der Waals surface area contributed by atoms with Crippen LogP contribution in [0.4, 0.5) is 14.5 Å². The summed E-state index contributed by atoms with van der Waals surface area (Å²) in [4.78, 5) is 4.42. The number of thiocarbonyl (C=S) groups is 1. The predicted molar refractivity (Wildman–Crippen MR) is 134 cm³/mol. The first kappa shape index (κ1) is 23.9. The summed E-state index contributed by atoms with van der Waals surface area (Å²) in [5, 5.41) is 3.88. The number of benzene rings is 3. The van der Waals surface area contributed by atoms with E-state index in [4.69, 9.17) is 21.7 Å². The summed E-state index contributed by atoms with van der Waals surface area (Å²) in [5.41, 5.74) is 2.66. The van der Waals surface area contributed by atoms with E-state index >= 15 is 0 Å². The third-order valence-electron chi connectivity index (χ3n) is 5.99. The van der Waals surface area contributed by atoms with E-state index in [0.717, 1.165) is 29.9 Å². The van der Waals surface area contributed by atoms with E-state index in [1.54, 1.807) is 38.5 Å². The second kappa shape index (κ2) is 10.8. The second-order valence-corrected chi connectivity index (χ2v) is 8.41. The molecule has 1 N–H and O–H groups in total. The van der Waals surface area contributed by atoms with Gasteiger partial charge in [-0.2, -0.15) is 0 Å². The first-order valence-electron chi connectivity index (χ1n) is 11.0. The quantitative estimate of drug-likeness (QED) is 0.493. The highest BCUT2D eigenvalue weighted by atomic mass is 32.1. The third-order valence-corrected chi connectivity index (χ3v) is 6.35. The monoisotopic (exact) mass is 483 g/mol. The van der Waals surface area contributed by atoms with Crippen LogP contribution in [-0.2, 0) is 0 Å². The van der Waals surface area contributed by atoms with E-state index in [0.29, 0.717) is 29.7 Å². The lowest BCUT2D eigenvalue weighted by Gasteiger charge is -2.40. The Morgan fingerprint density at radius 2 is 1.38 bits per heavy atom. The molecule has 178 valence electrons. The number of rotatable bonds is 6. The van der Waals surface area contributed by atoms with Gasteiger partial charge in [-0.1, -0.05) is 24.3 Å². The summed E-state index contributed by atoms with van der Waals surface area (Å²) >= 11 is 5.68. The Kier molecular flexibility index (Phi) is 7.59. The summed E-state index contributed by atoms with van der Waals surface area (Å²) in [6.45, 7) is 2.88. The fourth-order valence-corrected chi connectivity index (χ4v) is 4.49. The zero-order chi connectivity index (χ0) is 24.1. The molecule has 1 aliphatic heterocycles. The van der Waals surface area contributed by atoms with Gasteiger partial charge in [0.1, 0.15) is 23.1 Å². The number of nitrogens with zero attached hydrogens (tertiary/aromatic N) is 2. The average molecular weight is 484 g/mol. The van der Waals surface area contributed by atoms with Crippen LogP contribution in [0.5, 0.6) is 11.5 Å². The molecule has 1 heterocycles. The average Bonchev–Trinajstić information content (AvgIpc) is 2.87. The van der Waals surface area contributed by atoms with Gasteiger partial charge in [-0.15, -0.1) is 0 Å². The van der Waals surface area contributed by atoms with Crippen LogP contribution in [0.3, 0.4) is 0 Å². The second-order valence-electron chi connectivity index (χ2n) is 8.03. The van der Waals surface area contributed by atoms with Crippen molar-refractivity contribution in [2.24, 2.45) is 0 Å². The van der Waals surface area contributed by atoms with Crippen molar-refractivity contribution in [3.05, 3.63) is 89.5 Å². The minimum atomic E-state index is -0.282. The van der Waals surface area contributed by atoms with Gasteiger partial charge in [0.15, 0.2) is 5.11 Å². The molecule has 4 rings (SSSR count). The zero-order valence-electron chi connectivity index (χ0n) is 19.1. The molecule has 3 aromatic rings. The Balaban J connectivity index is 1.48. The van der Waals surface area contributed by atoms with Crippen LogP contribution in [0.2, 0.25) is 0 Å². The number of hydrogen-bond acceptors (Lipinski definition) is 4. The van der Waals surface area contributed by atoms with E-state index in [1.165, 1.54) is 24.3 Å². The maximum absolute atomic E-state index is 13.6.